The summed E-state index contributed by atoms with van der Waals surface area (Å²) in [6.45, 7) is -1.46. The van der Waals surface area contributed by atoms with E-state index in [-0.39, 0.29) is 17.9 Å². The fraction of sp³-hybridized carbons (Fsp3) is 0.182. The number of hydrazine groups is 1. The van der Waals surface area contributed by atoms with Crippen molar-refractivity contribution in [2.75, 3.05) is 6.54 Å². The number of rotatable bonds is 9. The summed E-state index contributed by atoms with van der Waals surface area (Å²) < 4.78 is 90.9. The minimum atomic E-state index is -4.29. The molecular formula is C22H19F6N5O2. The molecule has 13 heteroatoms. The third-order valence-corrected chi connectivity index (χ3v) is 4.89. The van der Waals surface area contributed by atoms with E-state index in [1.807, 2.05) is 0 Å². The van der Waals surface area contributed by atoms with E-state index in [0.29, 0.717) is 35.7 Å². The molecule has 1 atom stereocenters. The molecule has 0 fully saturated rings. The molecule has 0 saturated carbocycles. The second-order valence-electron chi connectivity index (χ2n) is 7.37. The van der Waals surface area contributed by atoms with Crippen LogP contribution in [0.5, 0.6) is 5.75 Å². The minimum Gasteiger partial charge on any atom is -0.487 e. The lowest BCUT2D eigenvalue weighted by molar-refractivity contribution is -0.208. The van der Waals surface area contributed by atoms with Crippen LogP contribution < -0.4 is 16.3 Å². The molecule has 0 radical (unpaired) electrons. The van der Waals surface area contributed by atoms with E-state index in [1.54, 1.807) is 0 Å². The van der Waals surface area contributed by atoms with Crippen LogP contribution >= 0.6 is 0 Å². The molecule has 0 bridgehead atoms. The lowest BCUT2D eigenvalue weighted by Gasteiger charge is -2.37. The van der Waals surface area contributed by atoms with Crippen LogP contribution in [-0.2, 0) is 18.1 Å². The molecule has 0 aliphatic rings. The first-order valence-corrected chi connectivity index (χ1v) is 9.82. The molecular weight excluding hydrogens is 480 g/mol. The smallest absolute Gasteiger partial charge is 0.323 e. The standard InChI is InChI=1S/C22H19F6N5O2/c23-14-1-3-18(19(26)8-14)21(34,11-33(30)32-12-29)22(27,28)20-4-2-17(9-31-20)35-10-13-5-15(24)7-16(25)6-13/h1-9,12,34H,10-11,30H2,(H2,29,32). The molecule has 3 aromatic rings. The van der Waals surface area contributed by atoms with Gasteiger partial charge in [0.15, 0.2) is 5.60 Å². The van der Waals surface area contributed by atoms with E-state index >= 15 is 8.78 Å². The van der Waals surface area contributed by atoms with Crippen LogP contribution in [-0.4, -0.2) is 28.1 Å². The van der Waals surface area contributed by atoms with Gasteiger partial charge in [0, 0.05) is 17.7 Å². The number of alkyl halides is 2. The quantitative estimate of drug-likeness (QED) is 0.137. The van der Waals surface area contributed by atoms with Gasteiger partial charge >= 0.3 is 5.92 Å². The third-order valence-electron chi connectivity index (χ3n) is 4.89. The number of hydrogen-bond donors (Lipinski definition) is 3. The maximum Gasteiger partial charge on any atom is 0.323 e. The fourth-order valence-electron chi connectivity index (χ4n) is 3.26. The number of nitrogens with two attached hydrogens (primary N) is 2. The van der Waals surface area contributed by atoms with Crippen molar-refractivity contribution >= 4 is 6.34 Å². The molecule has 0 saturated heterocycles. The van der Waals surface area contributed by atoms with Crippen LogP contribution in [0.15, 0.2) is 59.8 Å². The van der Waals surface area contributed by atoms with Gasteiger partial charge in [-0.3, -0.25) is 4.98 Å². The first-order chi connectivity index (χ1) is 16.5. The van der Waals surface area contributed by atoms with Gasteiger partial charge in [-0.2, -0.15) is 13.9 Å². The van der Waals surface area contributed by atoms with Gasteiger partial charge in [-0.15, -0.1) is 0 Å². The number of aromatic nitrogens is 1. The molecule has 7 nitrogen and oxygen atoms in total. The van der Waals surface area contributed by atoms with Crippen molar-refractivity contribution in [2.24, 2.45) is 16.7 Å². The summed E-state index contributed by atoms with van der Waals surface area (Å²) in [7, 11) is 0. The summed E-state index contributed by atoms with van der Waals surface area (Å²) >= 11 is 0. The molecule has 186 valence electrons. The van der Waals surface area contributed by atoms with E-state index in [4.69, 9.17) is 16.3 Å². The molecule has 1 unspecified atom stereocenters. The molecule has 1 heterocycles. The Balaban J connectivity index is 1.91. The fourth-order valence-corrected chi connectivity index (χ4v) is 3.26. The van der Waals surface area contributed by atoms with Crippen LogP contribution in [0.3, 0.4) is 0 Å². The zero-order valence-corrected chi connectivity index (χ0v) is 17.8. The van der Waals surface area contributed by atoms with E-state index in [0.717, 1.165) is 30.5 Å². The van der Waals surface area contributed by atoms with Gasteiger partial charge in [0.25, 0.3) is 0 Å². The number of aliphatic hydroxyl groups is 1. The molecule has 0 aliphatic heterocycles. The second kappa shape index (κ2) is 10.2. The van der Waals surface area contributed by atoms with Gasteiger partial charge in [0.05, 0.1) is 12.7 Å². The largest absolute Gasteiger partial charge is 0.487 e. The van der Waals surface area contributed by atoms with E-state index < -0.39 is 52.6 Å². The second-order valence-corrected chi connectivity index (χ2v) is 7.37. The Bertz CT molecular complexity index is 1190. The van der Waals surface area contributed by atoms with Crippen molar-refractivity contribution in [1.82, 2.24) is 10.1 Å². The minimum absolute atomic E-state index is 0.0427. The Labute approximate surface area is 195 Å². The lowest BCUT2D eigenvalue weighted by atomic mass is 9.84. The maximum atomic E-state index is 15.6. The predicted octanol–water partition coefficient (Wildman–Crippen LogP) is 3.27. The van der Waals surface area contributed by atoms with Crippen molar-refractivity contribution in [2.45, 2.75) is 18.1 Å². The zero-order chi connectivity index (χ0) is 25.8. The van der Waals surface area contributed by atoms with E-state index in [2.05, 4.69) is 10.1 Å². The van der Waals surface area contributed by atoms with E-state index in [1.165, 1.54) is 0 Å². The Morgan fingerprint density at radius 1 is 1.00 bits per heavy atom. The highest BCUT2D eigenvalue weighted by Crippen LogP contribution is 2.46. The predicted molar refractivity (Wildman–Crippen MR) is 113 cm³/mol. The number of benzene rings is 2. The highest BCUT2D eigenvalue weighted by atomic mass is 19.3. The number of hydrogen-bond acceptors (Lipinski definition) is 6. The highest BCUT2D eigenvalue weighted by Gasteiger charge is 2.58. The van der Waals surface area contributed by atoms with Crippen LogP contribution in [0.4, 0.5) is 26.3 Å². The van der Waals surface area contributed by atoms with Crippen LogP contribution in [0.2, 0.25) is 0 Å². The molecule has 0 amide bonds. The van der Waals surface area contributed by atoms with Gasteiger partial charge in [0.1, 0.15) is 47.7 Å². The summed E-state index contributed by atoms with van der Waals surface area (Å²) in [6.07, 6.45) is 1.53. The Kier molecular flexibility index (Phi) is 7.51. The summed E-state index contributed by atoms with van der Waals surface area (Å²) in [5, 5.41) is 14.7. The Morgan fingerprint density at radius 2 is 1.69 bits per heavy atom. The van der Waals surface area contributed by atoms with Crippen molar-refractivity contribution in [1.29, 1.82) is 0 Å². The highest BCUT2D eigenvalue weighted by molar-refractivity contribution is 5.50. The third kappa shape index (κ3) is 5.63. The van der Waals surface area contributed by atoms with Gasteiger partial charge in [-0.1, -0.05) is 0 Å². The summed E-state index contributed by atoms with van der Waals surface area (Å²) in [4.78, 5) is 3.59. The SMILES string of the molecule is N/C=N\N(N)CC(O)(c1ccc(F)cc1F)C(F)(F)c1ccc(OCc2cc(F)cc(F)c2)cn1. The van der Waals surface area contributed by atoms with Crippen LogP contribution in [0.1, 0.15) is 16.8 Å². The van der Waals surface area contributed by atoms with Gasteiger partial charge in [0.2, 0.25) is 0 Å². The summed E-state index contributed by atoms with van der Waals surface area (Å²) in [5.74, 6) is -3.02. The molecule has 0 spiro atoms. The zero-order valence-electron chi connectivity index (χ0n) is 17.8. The molecule has 3 rings (SSSR count). The van der Waals surface area contributed by atoms with Gasteiger partial charge in [-0.05, 0) is 42.0 Å². The first-order valence-electron chi connectivity index (χ1n) is 9.82. The normalized spacial score (nSPS) is 13.6. The number of nitrogens with zero attached hydrogens (tertiary/aromatic N) is 3. The molecule has 5 N–H and O–H groups in total. The van der Waals surface area contributed by atoms with Gasteiger partial charge < -0.3 is 15.6 Å². The van der Waals surface area contributed by atoms with Crippen molar-refractivity contribution in [3.8, 4) is 5.75 Å². The number of halogens is 6. The lowest BCUT2D eigenvalue weighted by Crippen LogP contribution is -2.53. The molecule has 1 aromatic heterocycles. The average molecular weight is 499 g/mol. The van der Waals surface area contributed by atoms with E-state index in [9.17, 15) is 22.7 Å². The maximum absolute atomic E-state index is 15.6. The van der Waals surface area contributed by atoms with Crippen LogP contribution in [0.25, 0.3) is 0 Å². The van der Waals surface area contributed by atoms with Crippen molar-refractivity contribution < 1.29 is 36.2 Å². The molecule has 0 aliphatic carbocycles. The number of hydrazone groups is 1. The van der Waals surface area contributed by atoms with Crippen molar-refractivity contribution in [3.05, 3.63) is 94.8 Å². The topological polar surface area (TPSA) is 110 Å². The summed E-state index contributed by atoms with van der Waals surface area (Å²) in [5.41, 5.74) is -0.134. The van der Waals surface area contributed by atoms with Gasteiger partial charge in [-0.25, -0.2) is 28.5 Å². The Hall–Kier alpha value is -3.84. The van der Waals surface area contributed by atoms with Crippen molar-refractivity contribution in [3.63, 3.8) is 0 Å². The number of ether oxygens (including phenoxy) is 1. The molecule has 35 heavy (non-hydrogen) atoms. The monoisotopic (exact) mass is 499 g/mol. The van der Waals surface area contributed by atoms with Crippen LogP contribution in [0, 0.1) is 23.3 Å². The number of pyridine rings is 1. The molecule has 2 aromatic carbocycles. The summed E-state index contributed by atoms with van der Waals surface area (Å²) in [6, 6.07) is 6.24. The Morgan fingerprint density at radius 3 is 2.26 bits per heavy atom. The average Bonchev–Trinajstić information content (AvgIpc) is 2.77. The first kappa shape index (κ1) is 25.8.